The van der Waals surface area contributed by atoms with E-state index in [9.17, 15) is 4.79 Å². The van der Waals surface area contributed by atoms with Gasteiger partial charge in [-0.15, -0.1) is 0 Å². The summed E-state index contributed by atoms with van der Waals surface area (Å²) in [5.74, 6) is 7.22. The van der Waals surface area contributed by atoms with E-state index in [0.717, 1.165) is 33.3 Å². The predicted octanol–water partition coefficient (Wildman–Crippen LogP) is 5.11. The number of methoxy groups -OCH3 is 1. The molecule has 1 aliphatic rings. The number of benzene rings is 3. The van der Waals surface area contributed by atoms with E-state index in [4.69, 9.17) is 9.47 Å². The standard InChI is InChI=1S/C20H14N2O2.C7H8O/c23-20-22-19(13-24-20)17-6-3-4-14(10-17)8-9-15-11-16-5-1-2-7-18(16)21-12-15;1-8-7-5-3-2-4-6-7/h1-7,10-12,19H,13H2,(H,22,23);2-6H,1H3/t19-;/m0./s1. The monoisotopic (exact) mass is 422 g/mol. The van der Waals surface area contributed by atoms with Crippen LogP contribution < -0.4 is 10.1 Å². The third-order valence-corrected chi connectivity index (χ3v) is 4.88. The molecular formula is C27H22N2O3. The number of rotatable bonds is 2. The Hall–Kier alpha value is -4.30. The average molecular weight is 422 g/mol. The highest BCUT2D eigenvalue weighted by molar-refractivity contribution is 5.79. The number of hydrogen-bond acceptors (Lipinski definition) is 4. The van der Waals surface area contributed by atoms with Crippen molar-refractivity contribution < 1.29 is 14.3 Å². The van der Waals surface area contributed by atoms with Crippen LogP contribution in [0.4, 0.5) is 4.79 Å². The molecule has 5 nitrogen and oxygen atoms in total. The fourth-order valence-corrected chi connectivity index (χ4v) is 3.24. The molecule has 0 spiro atoms. The second-order valence-corrected chi connectivity index (χ2v) is 7.10. The molecule has 1 saturated heterocycles. The topological polar surface area (TPSA) is 60.5 Å². The predicted molar refractivity (Wildman–Crippen MR) is 124 cm³/mol. The Morgan fingerprint density at radius 1 is 0.938 bits per heavy atom. The van der Waals surface area contributed by atoms with Crippen LogP contribution >= 0.6 is 0 Å². The molecule has 3 aromatic carbocycles. The fraction of sp³-hybridized carbons (Fsp3) is 0.111. The summed E-state index contributed by atoms with van der Waals surface area (Å²) in [6.45, 7) is 0.351. The van der Waals surface area contributed by atoms with Gasteiger partial charge < -0.3 is 14.8 Å². The van der Waals surface area contributed by atoms with Crippen LogP contribution in [-0.2, 0) is 4.74 Å². The number of nitrogens with zero attached hydrogens (tertiary/aromatic N) is 1. The molecule has 1 atom stereocenters. The van der Waals surface area contributed by atoms with Gasteiger partial charge in [-0.25, -0.2) is 4.79 Å². The molecule has 0 unspecified atom stereocenters. The number of carbonyl (C=O) groups excluding carboxylic acids is 1. The largest absolute Gasteiger partial charge is 0.497 e. The highest BCUT2D eigenvalue weighted by atomic mass is 16.6. The SMILES string of the molecule is COc1ccccc1.O=C1N[C@H](c2cccc(C#Cc3cnc4ccccc4c3)c2)CO1. The van der Waals surface area contributed by atoms with Gasteiger partial charge in [-0.05, 0) is 42.0 Å². The van der Waals surface area contributed by atoms with Crippen molar-refractivity contribution in [3.63, 3.8) is 0 Å². The van der Waals surface area contributed by atoms with E-state index >= 15 is 0 Å². The first-order chi connectivity index (χ1) is 15.7. The lowest BCUT2D eigenvalue weighted by molar-refractivity contribution is 0.177. The van der Waals surface area contributed by atoms with Crippen molar-refractivity contribution in [2.24, 2.45) is 0 Å². The van der Waals surface area contributed by atoms with E-state index in [1.165, 1.54) is 0 Å². The van der Waals surface area contributed by atoms with Crippen LogP contribution in [0.3, 0.4) is 0 Å². The van der Waals surface area contributed by atoms with Gasteiger partial charge in [0, 0.05) is 22.7 Å². The number of amides is 1. The molecule has 1 N–H and O–H groups in total. The highest BCUT2D eigenvalue weighted by Gasteiger charge is 2.23. The first kappa shape index (κ1) is 21.0. The molecule has 0 saturated carbocycles. The lowest BCUT2D eigenvalue weighted by atomic mass is 10.0. The Labute approximate surface area is 187 Å². The number of aromatic nitrogens is 1. The van der Waals surface area contributed by atoms with Gasteiger partial charge >= 0.3 is 6.09 Å². The second-order valence-electron chi connectivity index (χ2n) is 7.10. The van der Waals surface area contributed by atoms with Crippen LogP contribution in [0, 0.1) is 11.8 Å². The summed E-state index contributed by atoms with van der Waals surface area (Å²) in [6.07, 6.45) is 1.41. The Morgan fingerprint density at radius 2 is 1.72 bits per heavy atom. The molecule has 0 aliphatic carbocycles. The van der Waals surface area contributed by atoms with Crippen LogP contribution in [0.25, 0.3) is 10.9 Å². The molecule has 158 valence electrons. The summed E-state index contributed by atoms with van der Waals surface area (Å²) in [4.78, 5) is 15.6. The van der Waals surface area contributed by atoms with Gasteiger partial charge in [0.25, 0.3) is 0 Å². The molecule has 1 aromatic heterocycles. The first-order valence-electron chi connectivity index (χ1n) is 10.2. The van der Waals surface area contributed by atoms with E-state index in [0.29, 0.717) is 6.61 Å². The summed E-state index contributed by atoms with van der Waals surface area (Å²) in [5.41, 5.74) is 3.71. The number of hydrogen-bond donors (Lipinski definition) is 1. The Kier molecular flexibility index (Phi) is 6.64. The summed E-state index contributed by atoms with van der Waals surface area (Å²) >= 11 is 0. The summed E-state index contributed by atoms with van der Waals surface area (Å²) in [5, 5.41) is 3.84. The molecule has 1 amide bonds. The molecule has 5 rings (SSSR count). The second kappa shape index (κ2) is 10.1. The van der Waals surface area contributed by atoms with Crippen molar-refractivity contribution in [3.8, 4) is 17.6 Å². The quantitative estimate of drug-likeness (QED) is 0.456. The van der Waals surface area contributed by atoms with Gasteiger partial charge in [0.15, 0.2) is 0 Å². The normalized spacial score (nSPS) is 14.3. The molecule has 2 heterocycles. The van der Waals surface area contributed by atoms with Gasteiger partial charge in [0.05, 0.1) is 18.7 Å². The van der Waals surface area contributed by atoms with Crippen molar-refractivity contribution in [3.05, 3.63) is 108 Å². The third-order valence-electron chi connectivity index (χ3n) is 4.88. The number of cyclic esters (lactones) is 1. The van der Waals surface area contributed by atoms with E-state index in [-0.39, 0.29) is 12.1 Å². The van der Waals surface area contributed by atoms with Gasteiger partial charge in [-0.3, -0.25) is 4.98 Å². The molecule has 1 fully saturated rings. The Bertz CT molecular complexity index is 1280. The summed E-state index contributed by atoms with van der Waals surface area (Å²) in [6, 6.07) is 27.4. The number of nitrogens with one attached hydrogen (secondary N) is 1. The molecule has 0 radical (unpaired) electrons. The maximum absolute atomic E-state index is 11.2. The van der Waals surface area contributed by atoms with E-state index in [1.54, 1.807) is 13.3 Å². The minimum Gasteiger partial charge on any atom is -0.497 e. The number of alkyl carbamates (subject to hydrolysis) is 1. The number of carbonyl (C=O) groups is 1. The highest BCUT2D eigenvalue weighted by Crippen LogP contribution is 2.19. The lowest BCUT2D eigenvalue weighted by Crippen LogP contribution is -2.18. The van der Waals surface area contributed by atoms with E-state index in [1.807, 2.05) is 84.9 Å². The molecule has 1 aliphatic heterocycles. The first-order valence-corrected chi connectivity index (χ1v) is 10.2. The lowest BCUT2D eigenvalue weighted by Gasteiger charge is -2.07. The van der Waals surface area contributed by atoms with Crippen LogP contribution in [0.1, 0.15) is 22.7 Å². The molecule has 32 heavy (non-hydrogen) atoms. The zero-order valence-electron chi connectivity index (χ0n) is 17.6. The van der Waals surface area contributed by atoms with Crippen molar-refractivity contribution in [2.75, 3.05) is 13.7 Å². The maximum Gasteiger partial charge on any atom is 0.407 e. The van der Waals surface area contributed by atoms with Crippen molar-refractivity contribution in [2.45, 2.75) is 6.04 Å². The summed E-state index contributed by atoms with van der Waals surface area (Å²) in [7, 11) is 1.66. The Morgan fingerprint density at radius 3 is 2.47 bits per heavy atom. The maximum atomic E-state index is 11.2. The number of pyridine rings is 1. The Balaban J connectivity index is 0.000000260. The average Bonchev–Trinajstić information content (AvgIpc) is 3.30. The fourth-order valence-electron chi connectivity index (χ4n) is 3.24. The van der Waals surface area contributed by atoms with E-state index in [2.05, 4.69) is 22.1 Å². The van der Waals surface area contributed by atoms with Crippen molar-refractivity contribution in [1.29, 1.82) is 0 Å². The number of ether oxygens (including phenoxy) is 2. The van der Waals surface area contributed by atoms with E-state index < -0.39 is 0 Å². The minimum atomic E-state index is -0.376. The minimum absolute atomic E-state index is 0.110. The van der Waals surface area contributed by atoms with Crippen molar-refractivity contribution >= 4 is 17.0 Å². The molecule has 4 aromatic rings. The van der Waals surface area contributed by atoms with Gasteiger partial charge in [-0.1, -0.05) is 60.4 Å². The third kappa shape index (κ3) is 5.44. The van der Waals surface area contributed by atoms with Gasteiger partial charge in [0.2, 0.25) is 0 Å². The zero-order valence-corrected chi connectivity index (χ0v) is 17.6. The van der Waals surface area contributed by atoms with Crippen LogP contribution in [0.2, 0.25) is 0 Å². The number of para-hydroxylation sites is 2. The van der Waals surface area contributed by atoms with Crippen LogP contribution in [0.15, 0.2) is 91.1 Å². The van der Waals surface area contributed by atoms with Crippen LogP contribution in [-0.4, -0.2) is 24.8 Å². The molecule has 5 heteroatoms. The molecule has 0 bridgehead atoms. The number of fused-ring (bicyclic) bond motifs is 1. The molecular weight excluding hydrogens is 400 g/mol. The zero-order chi connectivity index (χ0) is 22.2. The van der Waals surface area contributed by atoms with Gasteiger partial charge in [0.1, 0.15) is 12.4 Å². The van der Waals surface area contributed by atoms with Crippen molar-refractivity contribution in [1.82, 2.24) is 10.3 Å². The van der Waals surface area contributed by atoms with Gasteiger partial charge in [-0.2, -0.15) is 0 Å². The van der Waals surface area contributed by atoms with Crippen LogP contribution in [0.5, 0.6) is 5.75 Å². The smallest absolute Gasteiger partial charge is 0.407 e. The summed E-state index contributed by atoms with van der Waals surface area (Å²) < 4.78 is 9.85.